The van der Waals surface area contributed by atoms with Crippen LogP contribution in [-0.4, -0.2) is 45.3 Å². The number of halogens is 2. The number of guanidine groups is 1. The highest BCUT2D eigenvalue weighted by Crippen LogP contribution is 2.32. The van der Waals surface area contributed by atoms with Gasteiger partial charge in [-0.25, -0.2) is 4.39 Å². The predicted molar refractivity (Wildman–Crippen MR) is 137 cm³/mol. The monoisotopic (exact) mass is 571 g/mol. The van der Waals surface area contributed by atoms with Crippen molar-refractivity contribution < 1.29 is 23.4 Å². The van der Waals surface area contributed by atoms with Crippen molar-refractivity contribution in [2.24, 2.45) is 4.99 Å². The molecule has 180 valence electrons. The summed E-state index contributed by atoms with van der Waals surface area (Å²) < 4.78 is 29.5. The van der Waals surface area contributed by atoms with E-state index in [0.29, 0.717) is 57.3 Å². The van der Waals surface area contributed by atoms with Crippen molar-refractivity contribution in [3.63, 3.8) is 0 Å². The van der Waals surface area contributed by atoms with Crippen LogP contribution >= 0.6 is 24.0 Å². The van der Waals surface area contributed by atoms with E-state index >= 15 is 0 Å². The van der Waals surface area contributed by atoms with Gasteiger partial charge >= 0.3 is 5.97 Å². The van der Waals surface area contributed by atoms with Gasteiger partial charge < -0.3 is 24.8 Å². The molecule has 9 heteroatoms. The van der Waals surface area contributed by atoms with Crippen LogP contribution in [0.4, 0.5) is 10.1 Å². The van der Waals surface area contributed by atoms with Gasteiger partial charge in [-0.1, -0.05) is 12.1 Å². The molecule has 0 unspecified atom stereocenters. The molecule has 0 aliphatic carbocycles. The fourth-order valence-corrected chi connectivity index (χ4v) is 3.21. The maximum atomic E-state index is 13.4. The summed E-state index contributed by atoms with van der Waals surface area (Å²) in [5, 5.41) is 6.59. The van der Waals surface area contributed by atoms with Gasteiger partial charge in [-0.3, -0.25) is 9.79 Å². The van der Waals surface area contributed by atoms with Gasteiger partial charge in [0.15, 0.2) is 17.5 Å². The van der Waals surface area contributed by atoms with Gasteiger partial charge in [0.2, 0.25) is 0 Å². The van der Waals surface area contributed by atoms with E-state index in [1.807, 2.05) is 24.3 Å². The molecule has 1 heterocycles. The van der Waals surface area contributed by atoms with Crippen molar-refractivity contribution in [2.75, 3.05) is 38.7 Å². The van der Waals surface area contributed by atoms with Crippen molar-refractivity contribution in [2.45, 2.75) is 32.1 Å². The molecule has 3 rings (SSSR count). The van der Waals surface area contributed by atoms with E-state index in [2.05, 4.69) is 20.4 Å². The molecule has 2 N–H and O–H groups in total. The van der Waals surface area contributed by atoms with Crippen LogP contribution in [-0.2, 0) is 16.0 Å². The summed E-state index contributed by atoms with van der Waals surface area (Å²) in [6, 6.07) is 12.2. The number of nitrogens with one attached hydrogen (secondary N) is 2. The SMILES string of the molecule is COC(=O)CCCCN=C(NCCc1cccc(F)c1)Nc1ccc2c(c1)OCCCO2.I. The van der Waals surface area contributed by atoms with Crippen molar-refractivity contribution in [3.8, 4) is 11.5 Å². The first-order valence-electron chi connectivity index (χ1n) is 10.9. The van der Waals surface area contributed by atoms with E-state index in [4.69, 9.17) is 9.47 Å². The molecule has 0 aromatic heterocycles. The van der Waals surface area contributed by atoms with Gasteiger partial charge in [-0.05, 0) is 49.1 Å². The van der Waals surface area contributed by atoms with Crippen molar-refractivity contribution in [1.82, 2.24) is 5.32 Å². The predicted octanol–water partition coefficient (Wildman–Crippen LogP) is 4.55. The van der Waals surface area contributed by atoms with E-state index in [-0.39, 0.29) is 35.8 Å². The number of hydrogen-bond donors (Lipinski definition) is 2. The number of methoxy groups -OCH3 is 1. The number of hydrogen-bond acceptors (Lipinski definition) is 5. The molecule has 7 nitrogen and oxygen atoms in total. The van der Waals surface area contributed by atoms with Crippen LogP contribution in [0.3, 0.4) is 0 Å². The van der Waals surface area contributed by atoms with E-state index in [9.17, 15) is 9.18 Å². The number of nitrogens with zero attached hydrogens (tertiary/aromatic N) is 1. The number of fused-ring (bicyclic) bond motifs is 1. The average molecular weight is 571 g/mol. The smallest absolute Gasteiger partial charge is 0.305 e. The Labute approximate surface area is 211 Å². The molecule has 0 spiro atoms. The Kier molecular flexibility index (Phi) is 11.8. The van der Waals surface area contributed by atoms with Gasteiger partial charge in [0, 0.05) is 37.7 Å². The molecular weight excluding hydrogens is 540 g/mol. The zero-order chi connectivity index (χ0) is 22.6. The van der Waals surface area contributed by atoms with Crippen LogP contribution < -0.4 is 20.1 Å². The highest BCUT2D eigenvalue weighted by molar-refractivity contribution is 14.0. The van der Waals surface area contributed by atoms with E-state index in [0.717, 1.165) is 29.8 Å². The zero-order valence-electron chi connectivity index (χ0n) is 18.8. The molecule has 0 atom stereocenters. The normalized spacial score (nSPS) is 12.8. The van der Waals surface area contributed by atoms with Gasteiger partial charge in [0.25, 0.3) is 0 Å². The van der Waals surface area contributed by atoms with Crippen LogP contribution in [0.2, 0.25) is 0 Å². The van der Waals surface area contributed by atoms with Crippen LogP contribution in [0.15, 0.2) is 47.5 Å². The third kappa shape index (κ3) is 9.45. The molecule has 33 heavy (non-hydrogen) atoms. The Morgan fingerprint density at radius 1 is 1.12 bits per heavy atom. The van der Waals surface area contributed by atoms with Crippen molar-refractivity contribution >= 4 is 41.6 Å². The number of ether oxygens (including phenoxy) is 3. The van der Waals surface area contributed by atoms with Crippen LogP contribution in [0, 0.1) is 5.82 Å². The quantitative estimate of drug-likeness (QED) is 0.151. The summed E-state index contributed by atoms with van der Waals surface area (Å²) in [4.78, 5) is 15.9. The Morgan fingerprint density at radius 3 is 2.73 bits per heavy atom. The van der Waals surface area contributed by atoms with Gasteiger partial charge in [0.1, 0.15) is 5.82 Å². The summed E-state index contributed by atoms with van der Waals surface area (Å²) in [5.74, 6) is 1.58. The van der Waals surface area contributed by atoms with Gasteiger partial charge in [0.05, 0.1) is 20.3 Å². The van der Waals surface area contributed by atoms with E-state index in [1.165, 1.54) is 19.2 Å². The Morgan fingerprint density at radius 2 is 1.94 bits per heavy atom. The Balaban J connectivity index is 0.00000385. The first kappa shape index (κ1) is 26.7. The summed E-state index contributed by atoms with van der Waals surface area (Å²) in [7, 11) is 1.39. The van der Waals surface area contributed by atoms with Crippen LogP contribution in [0.25, 0.3) is 0 Å². The lowest BCUT2D eigenvalue weighted by Gasteiger charge is -2.15. The number of unbranched alkanes of at least 4 members (excludes halogenated alkanes) is 1. The fourth-order valence-electron chi connectivity index (χ4n) is 3.21. The first-order chi connectivity index (χ1) is 15.6. The third-order valence-corrected chi connectivity index (χ3v) is 4.89. The minimum Gasteiger partial charge on any atom is -0.490 e. The molecule has 0 radical (unpaired) electrons. The Bertz CT molecular complexity index is 926. The lowest BCUT2D eigenvalue weighted by molar-refractivity contribution is -0.140. The molecule has 2 aromatic rings. The molecule has 0 amide bonds. The largest absolute Gasteiger partial charge is 0.490 e. The Hall–Kier alpha value is -2.56. The summed E-state index contributed by atoms with van der Waals surface area (Å²) >= 11 is 0. The minimum atomic E-state index is -0.243. The number of benzene rings is 2. The molecule has 2 aromatic carbocycles. The third-order valence-electron chi connectivity index (χ3n) is 4.89. The molecule has 1 aliphatic heterocycles. The molecule has 0 saturated heterocycles. The van der Waals surface area contributed by atoms with Crippen LogP contribution in [0.5, 0.6) is 11.5 Å². The molecule has 0 bridgehead atoms. The van der Waals surface area contributed by atoms with Gasteiger partial charge in [-0.15, -0.1) is 24.0 Å². The summed E-state index contributed by atoms with van der Waals surface area (Å²) in [6.07, 6.45) is 3.34. The maximum absolute atomic E-state index is 13.4. The maximum Gasteiger partial charge on any atom is 0.305 e. The number of aliphatic imine (C=N–C) groups is 1. The summed E-state index contributed by atoms with van der Waals surface area (Å²) in [6.45, 7) is 2.39. The number of rotatable bonds is 9. The van der Waals surface area contributed by atoms with Crippen LogP contribution in [0.1, 0.15) is 31.2 Å². The zero-order valence-corrected chi connectivity index (χ0v) is 21.1. The number of carbonyl (C=O) groups is 1. The second kappa shape index (κ2) is 14.6. The average Bonchev–Trinajstić information content (AvgIpc) is 3.03. The first-order valence-corrected chi connectivity index (χ1v) is 10.9. The summed E-state index contributed by atoms with van der Waals surface area (Å²) in [5.41, 5.74) is 1.73. The molecular formula is C24H31FIN3O4. The molecule has 1 aliphatic rings. The number of carbonyl (C=O) groups excluding carboxylic acids is 1. The number of esters is 1. The van der Waals surface area contributed by atoms with Crippen molar-refractivity contribution in [1.29, 1.82) is 0 Å². The highest BCUT2D eigenvalue weighted by atomic mass is 127. The number of anilines is 1. The second-order valence-corrected chi connectivity index (χ2v) is 7.41. The van der Waals surface area contributed by atoms with Gasteiger partial charge in [-0.2, -0.15) is 0 Å². The standard InChI is InChI=1S/C24H30FN3O4.HI/c1-30-23(29)8-2-3-12-26-24(27-13-11-18-6-4-7-19(25)16-18)28-20-9-10-21-22(17-20)32-15-5-14-31-21;/h4,6-7,9-10,16-17H,2-3,5,8,11-15H2,1H3,(H2,26,27,28);1H. The highest BCUT2D eigenvalue weighted by Gasteiger charge is 2.11. The fraction of sp³-hybridized carbons (Fsp3) is 0.417. The lowest BCUT2D eigenvalue weighted by atomic mass is 10.1. The van der Waals surface area contributed by atoms with Crippen molar-refractivity contribution in [3.05, 3.63) is 53.8 Å². The van der Waals surface area contributed by atoms with E-state index < -0.39 is 0 Å². The lowest BCUT2D eigenvalue weighted by Crippen LogP contribution is -2.32. The van der Waals surface area contributed by atoms with E-state index in [1.54, 1.807) is 6.07 Å². The minimum absolute atomic E-state index is 0. The topological polar surface area (TPSA) is 81.2 Å². The molecule has 0 fully saturated rings. The molecule has 0 saturated carbocycles. The second-order valence-electron chi connectivity index (χ2n) is 7.41.